The predicted octanol–water partition coefficient (Wildman–Crippen LogP) is 4.11. The Bertz CT molecular complexity index is 453. The van der Waals surface area contributed by atoms with Crippen LogP contribution in [0.15, 0.2) is 16.5 Å². The molecule has 0 spiro atoms. The quantitative estimate of drug-likeness (QED) is 0.589. The SMILES string of the molecule is CCC/C(=N\OCC)C1=C(O)C(C2CCCSC2)CCC1=O. The van der Waals surface area contributed by atoms with E-state index in [9.17, 15) is 9.90 Å². The van der Waals surface area contributed by atoms with E-state index in [0.29, 0.717) is 36.7 Å². The molecule has 2 atom stereocenters. The van der Waals surface area contributed by atoms with Crippen LogP contribution in [0.5, 0.6) is 0 Å². The van der Waals surface area contributed by atoms with Crippen LogP contribution >= 0.6 is 11.8 Å². The summed E-state index contributed by atoms with van der Waals surface area (Å²) in [5.74, 6) is 3.19. The van der Waals surface area contributed by atoms with Gasteiger partial charge in [0.05, 0.1) is 11.3 Å². The van der Waals surface area contributed by atoms with Crippen molar-refractivity contribution in [3.8, 4) is 0 Å². The molecule has 1 aliphatic heterocycles. The minimum Gasteiger partial charge on any atom is -0.511 e. The van der Waals surface area contributed by atoms with Gasteiger partial charge in [0.1, 0.15) is 12.4 Å². The summed E-state index contributed by atoms with van der Waals surface area (Å²) >= 11 is 1.96. The normalized spacial score (nSPS) is 27.2. The zero-order chi connectivity index (χ0) is 15.9. The molecule has 1 fully saturated rings. The first-order chi connectivity index (χ1) is 10.7. The molecule has 0 aromatic rings. The van der Waals surface area contributed by atoms with Gasteiger partial charge in [0, 0.05) is 12.3 Å². The monoisotopic (exact) mass is 325 g/mol. The Kier molecular flexibility index (Phi) is 6.80. The Morgan fingerprint density at radius 2 is 2.23 bits per heavy atom. The van der Waals surface area contributed by atoms with E-state index in [4.69, 9.17) is 4.84 Å². The second-order valence-electron chi connectivity index (χ2n) is 6.01. The summed E-state index contributed by atoms with van der Waals surface area (Å²) in [6, 6.07) is 0. The Balaban J connectivity index is 2.28. The number of aliphatic hydroxyl groups is 1. The van der Waals surface area contributed by atoms with Gasteiger partial charge in [-0.3, -0.25) is 4.79 Å². The smallest absolute Gasteiger partial charge is 0.168 e. The number of hydrogen-bond acceptors (Lipinski definition) is 5. The number of hydrogen-bond donors (Lipinski definition) is 1. The van der Waals surface area contributed by atoms with E-state index in [1.54, 1.807) is 0 Å². The number of oxime groups is 1. The van der Waals surface area contributed by atoms with Crippen molar-refractivity contribution >= 4 is 23.3 Å². The minimum absolute atomic E-state index is 0.0177. The predicted molar refractivity (Wildman–Crippen MR) is 91.4 cm³/mol. The van der Waals surface area contributed by atoms with Gasteiger partial charge in [0.15, 0.2) is 5.78 Å². The first-order valence-corrected chi connectivity index (χ1v) is 9.57. The van der Waals surface area contributed by atoms with E-state index in [2.05, 4.69) is 5.16 Å². The molecule has 2 rings (SSSR count). The van der Waals surface area contributed by atoms with Gasteiger partial charge in [-0.2, -0.15) is 11.8 Å². The van der Waals surface area contributed by atoms with Crippen LogP contribution in [0.1, 0.15) is 52.4 Å². The topological polar surface area (TPSA) is 58.9 Å². The fourth-order valence-corrected chi connectivity index (χ4v) is 4.56. The summed E-state index contributed by atoms with van der Waals surface area (Å²) in [7, 11) is 0. The van der Waals surface area contributed by atoms with Crippen LogP contribution in [0.4, 0.5) is 0 Å². The molecule has 1 aliphatic carbocycles. The molecular weight excluding hydrogens is 298 g/mol. The Labute approximate surface area is 137 Å². The van der Waals surface area contributed by atoms with Crippen LogP contribution < -0.4 is 0 Å². The van der Waals surface area contributed by atoms with Crippen molar-refractivity contribution in [2.24, 2.45) is 17.0 Å². The average Bonchev–Trinajstić information content (AvgIpc) is 2.53. The van der Waals surface area contributed by atoms with E-state index in [-0.39, 0.29) is 17.5 Å². The molecule has 2 unspecified atom stereocenters. The molecule has 2 aliphatic rings. The standard InChI is InChI=1S/C17H27NO3S/c1-3-6-14(18-21-4-2)16-15(19)9-8-13(17(16)20)12-7-5-10-22-11-12/h12-13,20H,3-11H2,1-2H3/b18-14+. The molecule has 4 nitrogen and oxygen atoms in total. The van der Waals surface area contributed by atoms with E-state index in [1.807, 2.05) is 25.6 Å². The van der Waals surface area contributed by atoms with Gasteiger partial charge in [0.25, 0.3) is 0 Å². The molecule has 124 valence electrons. The lowest BCUT2D eigenvalue weighted by Gasteiger charge is -2.33. The average molecular weight is 325 g/mol. The van der Waals surface area contributed by atoms with Gasteiger partial charge in [-0.1, -0.05) is 18.5 Å². The summed E-state index contributed by atoms with van der Waals surface area (Å²) in [5.41, 5.74) is 1.07. The summed E-state index contributed by atoms with van der Waals surface area (Å²) in [6.07, 6.45) is 5.18. The van der Waals surface area contributed by atoms with Crippen LogP contribution in [-0.2, 0) is 9.63 Å². The van der Waals surface area contributed by atoms with E-state index < -0.39 is 0 Å². The van der Waals surface area contributed by atoms with Gasteiger partial charge >= 0.3 is 0 Å². The molecule has 0 aromatic carbocycles. The maximum Gasteiger partial charge on any atom is 0.168 e. The molecule has 22 heavy (non-hydrogen) atoms. The van der Waals surface area contributed by atoms with E-state index in [1.165, 1.54) is 12.2 Å². The summed E-state index contributed by atoms with van der Waals surface area (Å²) in [5, 5.41) is 14.9. The number of ketones is 1. The van der Waals surface area contributed by atoms with E-state index >= 15 is 0 Å². The van der Waals surface area contributed by atoms with Crippen molar-refractivity contribution < 1.29 is 14.7 Å². The van der Waals surface area contributed by atoms with Crippen molar-refractivity contribution in [3.63, 3.8) is 0 Å². The lowest BCUT2D eigenvalue weighted by atomic mass is 9.77. The molecular formula is C17H27NO3S. The van der Waals surface area contributed by atoms with E-state index in [0.717, 1.165) is 25.0 Å². The Morgan fingerprint density at radius 1 is 1.41 bits per heavy atom. The lowest BCUT2D eigenvalue weighted by molar-refractivity contribution is -0.116. The maximum atomic E-state index is 12.4. The second kappa shape index (κ2) is 8.61. The molecule has 1 heterocycles. The number of allylic oxidation sites excluding steroid dienone is 2. The van der Waals surface area contributed by atoms with Gasteiger partial charge in [0.2, 0.25) is 0 Å². The number of aliphatic hydroxyl groups excluding tert-OH is 1. The van der Waals surface area contributed by atoms with Crippen molar-refractivity contribution in [1.29, 1.82) is 0 Å². The highest BCUT2D eigenvalue weighted by molar-refractivity contribution is 7.99. The van der Waals surface area contributed by atoms with Crippen LogP contribution in [0.3, 0.4) is 0 Å². The third-order valence-corrected chi connectivity index (χ3v) is 5.65. The number of thioether (sulfide) groups is 1. The number of Topliss-reactive ketones (excluding diaryl/α,β-unsaturated/α-hetero) is 1. The molecule has 1 N–H and O–H groups in total. The number of carbonyl (C=O) groups excluding carboxylic acids is 1. The highest BCUT2D eigenvalue weighted by Gasteiger charge is 2.36. The van der Waals surface area contributed by atoms with Gasteiger partial charge in [-0.15, -0.1) is 0 Å². The first-order valence-electron chi connectivity index (χ1n) is 8.42. The first kappa shape index (κ1) is 17.4. The summed E-state index contributed by atoms with van der Waals surface area (Å²) in [6.45, 7) is 4.38. The maximum absolute atomic E-state index is 12.4. The lowest BCUT2D eigenvalue weighted by Crippen LogP contribution is -2.31. The molecule has 0 saturated carbocycles. The molecule has 0 radical (unpaired) electrons. The molecule has 5 heteroatoms. The Hall–Kier alpha value is -0.970. The molecule has 0 bridgehead atoms. The van der Waals surface area contributed by atoms with Crippen LogP contribution in [-0.4, -0.2) is 34.7 Å². The molecule has 0 amide bonds. The van der Waals surface area contributed by atoms with Crippen molar-refractivity contribution in [2.45, 2.75) is 52.4 Å². The summed E-state index contributed by atoms with van der Waals surface area (Å²) in [4.78, 5) is 17.5. The van der Waals surface area contributed by atoms with Crippen LogP contribution in [0, 0.1) is 11.8 Å². The zero-order valence-electron chi connectivity index (χ0n) is 13.6. The fourth-order valence-electron chi connectivity index (χ4n) is 3.32. The largest absolute Gasteiger partial charge is 0.511 e. The van der Waals surface area contributed by atoms with Crippen molar-refractivity contribution in [2.75, 3.05) is 18.1 Å². The highest BCUT2D eigenvalue weighted by atomic mass is 32.2. The number of nitrogens with zero attached hydrogens (tertiary/aromatic N) is 1. The Morgan fingerprint density at radius 3 is 2.86 bits per heavy atom. The minimum atomic E-state index is 0.0177. The third-order valence-electron chi connectivity index (χ3n) is 4.41. The zero-order valence-corrected chi connectivity index (χ0v) is 14.5. The van der Waals surface area contributed by atoms with Gasteiger partial charge in [-0.05, 0) is 50.0 Å². The fraction of sp³-hybridized carbons (Fsp3) is 0.765. The second-order valence-corrected chi connectivity index (χ2v) is 7.16. The van der Waals surface area contributed by atoms with Crippen LogP contribution in [0.2, 0.25) is 0 Å². The number of rotatable bonds is 6. The molecule has 1 saturated heterocycles. The van der Waals surface area contributed by atoms with Crippen molar-refractivity contribution in [1.82, 2.24) is 0 Å². The van der Waals surface area contributed by atoms with Gasteiger partial charge in [-0.25, -0.2) is 0 Å². The summed E-state index contributed by atoms with van der Waals surface area (Å²) < 4.78 is 0. The van der Waals surface area contributed by atoms with Gasteiger partial charge < -0.3 is 9.94 Å². The number of carbonyl (C=O) groups is 1. The van der Waals surface area contributed by atoms with Crippen LogP contribution in [0.25, 0.3) is 0 Å². The highest BCUT2D eigenvalue weighted by Crippen LogP contribution is 2.39. The van der Waals surface area contributed by atoms with Crippen molar-refractivity contribution in [3.05, 3.63) is 11.3 Å². The third kappa shape index (κ3) is 4.06. The molecule has 0 aromatic heterocycles.